The standard InChI is InChI=1S/C14H19NO/c1-11-3-2-4-13(9-11)14(16)10-12-5-7-15-8-6-12/h5-8,11,13H,2-4,9-10H2,1H3. The van der Waals surface area contributed by atoms with Gasteiger partial charge in [-0.1, -0.05) is 19.8 Å². The van der Waals surface area contributed by atoms with E-state index in [0.29, 0.717) is 18.1 Å². The summed E-state index contributed by atoms with van der Waals surface area (Å²) in [6, 6.07) is 3.87. The van der Waals surface area contributed by atoms with Crippen molar-refractivity contribution in [3.63, 3.8) is 0 Å². The monoisotopic (exact) mass is 217 g/mol. The number of hydrogen-bond acceptors (Lipinski definition) is 2. The molecule has 0 N–H and O–H groups in total. The number of Topliss-reactive ketones (excluding diaryl/α,β-unsaturated/α-hetero) is 1. The van der Waals surface area contributed by atoms with Gasteiger partial charge in [0.1, 0.15) is 5.78 Å². The first-order valence-corrected chi connectivity index (χ1v) is 6.17. The van der Waals surface area contributed by atoms with Crippen LogP contribution in [0.25, 0.3) is 0 Å². The summed E-state index contributed by atoms with van der Waals surface area (Å²) in [6.45, 7) is 2.26. The highest BCUT2D eigenvalue weighted by Crippen LogP contribution is 2.29. The van der Waals surface area contributed by atoms with Crippen molar-refractivity contribution < 1.29 is 4.79 Å². The number of aromatic nitrogens is 1. The number of nitrogens with zero attached hydrogens (tertiary/aromatic N) is 1. The van der Waals surface area contributed by atoms with E-state index in [-0.39, 0.29) is 0 Å². The molecule has 0 bridgehead atoms. The molecule has 1 heterocycles. The molecule has 0 spiro atoms. The molecule has 1 aliphatic carbocycles. The fourth-order valence-electron chi connectivity index (χ4n) is 2.57. The predicted octanol–water partition coefficient (Wildman–Crippen LogP) is 3.02. The summed E-state index contributed by atoms with van der Waals surface area (Å²) in [4.78, 5) is 16.1. The van der Waals surface area contributed by atoms with E-state index in [1.165, 1.54) is 12.8 Å². The molecule has 0 saturated heterocycles. The Hall–Kier alpha value is -1.18. The van der Waals surface area contributed by atoms with Crippen LogP contribution >= 0.6 is 0 Å². The molecule has 2 atom stereocenters. The zero-order chi connectivity index (χ0) is 11.4. The van der Waals surface area contributed by atoms with Crippen LogP contribution in [0.1, 0.15) is 38.2 Å². The molecule has 0 radical (unpaired) electrons. The van der Waals surface area contributed by atoms with Gasteiger partial charge in [-0.25, -0.2) is 0 Å². The van der Waals surface area contributed by atoms with Gasteiger partial charge in [-0.15, -0.1) is 0 Å². The fraction of sp³-hybridized carbons (Fsp3) is 0.571. The van der Waals surface area contributed by atoms with Crippen molar-refractivity contribution in [2.45, 2.75) is 39.0 Å². The van der Waals surface area contributed by atoms with E-state index in [2.05, 4.69) is 11.9 Å². The number of ketones is 1. The van der Waals surface area contributed by atoms with Crippen LogP contribution in [0.4, 0.5) is 0 Å². The lowest BCUT2D eigenvalue weighted by Gasteiger charge is -2.25. The molecule has 0 amide bonds. The summed E-state index contributed by atoms with van der Waals surface area (Å²) in [6.07, 6.45) is 8.78. The molecule has 1 aliphatic rings. The van der Waals surface area contributed by atoms with Crippen molar-refractivity contribution in [1.82, 2.24) is 4.98 Å². The molecule has 16 heavy (non-hydrogen) atoms. The zero-order valence-corrected chi connectivity index (χ0v) is 9.86. The fourth-order valence-corrected chi connectivity index (χ4v) is 2.57. The minimum Gasteiger partial charge on any atom is -0.299 e. The first kappa shape index (κ1) is 11.3. The minimum absolute atomic E-state index is 0.303. The first-order chi connectivity index (χ1) is 7.75. The Bertz CT molecular complexity index is 347. The van der Waals surface area contributed by atoms with E-state index in [9.17, 15) is 4.79 Å². The van der Waals surface area contributed by atoms with Gasteiger partial charge >= 0.3 is 0 Å². The Balaban J connectivity index is 1.93. The minimum atomic E-state index is 0.303. The maximum atomic E-state index is 12.1. The lowest BCUT2D eigenvalue weighted by Crippen LogP contribution is -2.23. The molecule has 2 unspecified atom stereocenters. The van der Waals surface area contributed by atoms with E-state index in [1.807, 2.05) is 12.1 Å². The van der Waals surface area contributed by atoms with Gasteiger partial charge in [-0.2, -0.15) is 0 Å². The summed E-state index contributed by atoms with van der Waals surface area (Å²) in [5.74, 6) is 1.44. The van der Waals surface area contributed by atoms with Crippen LogP contribution in [0, 0.1) is 11.8 Å². The summed E-state index contributed by atoms with van der Waals surface area (Å²) < 4.78 is 0. The summed E-state index contributed by atoms with van der Waals surface area (Å²) in [5, 5.41) is 0. The highest BCUT2D eigenvalue weighted by Gasteiger charge is 2.24. The maximum absolute atomic E-state index is 12.1. The molecule has 2 nitrogen and oxygen atoms in total. The highest BCUT2D eigenvalue weighted by atomic mass is 16.1. The zero-order valence-electron chi connectivity index (χ0n) is 9.86. The molecule has 2 heteroatoms. The molecule has 1 aromatic heterocycles. The summed E-state index contributed by atoms with van der Waals surface area (Å²) in [5.41, 5.74) is 1.10. The average Bonchev–Trinajstić information content (AvgIpc) is 2.30. The lowest BCUT2D eigenvalue weighted by molar-refractivity contribution is -0.123. The second kappa shape index (κ2) is 5.24. The van der Waals surface area contributed by atoms with E-state index >= 15 is 0 Å². The summed E-state index contributed by atoms with van der Waals surface area (Å²) in [7, 11) is 0. The van der Waals surface area contributed by atoms with Crippen molar-refractivity contribution in [3.05, 3.63) is 30.1 Å². The first-order valence-electron chi connectivity index (χ1n) is 6.17. The van der Waals surface area contributed by atoms with Crippen LogP contribution in [0.2, 0.25) is 0 Å². The Morgan fingerprint density at radius 2 is 2.12 bits per heavy atom. The van der Waals surface area contributed by atoms with Gasteiger partial charge in [0.25, 0.3) is 0 Å². The van der Waals surface area contributed by atoms with E-state index in [0.717, 1.165) is 24.3 Å². The van der Waals surface area contributed by atoms with Crippen LogP contribution in [0.15, 0.2) is 24.5 Å². The second-order valence-electron chi connectivity index (χ2n) is 4.97. The van der Waals surface area contributed by atoms with Crippen molar-refractivity contribution in [3.8, 4) is 0 Å². The third-order valence-corrected chi connectivity index (χ3v) is 3.52. The third kappa shape index (κ3) is 2.91. The molecule has 1 saturated carbocycles. The van der Waals surface area contributed by atoms with Gasteiger partial charge in [0.2, 0.25) is 0 Å². The van der Waals surface area contributed by atoms with Crippen molar-refractivity contribution in [2.24, 2.45) is 11.8 Å². The SMILES string of the molecule is CC1CCCC(C(=O)Cc2ccncc2)C1. The van der Waals surface area contributed by atoms with Crippen molar-refractivity contribution in [1.29, 1.82) is 0 Å². The molecule has 0 aliphatic heterocycles. The van der Waals surface area contributed by atoms with Gasteiger partial charge in [-0.05, 0) is 36.5 Å². The summed E-state index contributed by atoms with van der Waals surface area (Å²) >= 11 is 0. The number of pyridine rings is 1. The van der Waals surface area contributed by atoms with Crippen LogP contribution in [0.3, 0.4) is 0 Å². The number of hydrogen-bond donors (Lipinski definition) is 0. The predicted molar refractivity (Wildman–Crippen MR) is 64.1 cm³/mol. The Morgan fingerprint density at radius 3 is 2.81 bits per heavy atom. The number of rotatable bonds is 3. The highest BCUT2D eigenvalue weighted by molar-refractivity contribution is 5.83. The van der Waals surface area contributed by atoms with Crippen molar-refractivity contribution in [2.75, 3.05) is 0 Å². The third-order valence-electron chi connectivity index (χ3n) is 3.52. The van der Waals surface area contributed by atoms with Gasteiger partial charge in [-0.3, -0.25) is 9.78 Å². The number of carbonyl (C=O) groups excluding carboxylic acids is 1. The van der Waals surface area contributed by atoms with Gasteiger partial charge in [0.15, 0.2) is 0 Å². The van der Waals surface area contributed by atoms with Crippen LogP contribution < -0.4 is 0 Å². The second-order valence-corrected chi connectivity index (χ2v) is 4.97. The quantitative estimate of drug-likeness (QED) is 0.779. The molecular formula is C14H19NO. The topological polar surface area (TPSA) is 30.0 Å². The van der Waals surface area contributed by atoms with Crippen molar-refractivity contribution >= 4 is 5.78 Å². The van der Waals surface area contributed by atoms with Gasteiger partial charge < -0.3 is 0 Å². The van der Waals surface area contributed by atoms with E-state index in [4.69, 9.17) is 0 Å². The Labute approximate surface area is 97.1 Å². The van der Waals surface area contributed by atoms with E-state index < -0.39 is 0 Å². The molecule has 0 aromatic carbocycles. The molecule has 2 rings (SSSR count). The van der Waals surface area contributed by atoms with Crippen LogP contribution in [-0.2, 0) is 11.2 Å². The van der Waals surface area contributed by atoms with E-state index in [1.54, 1.807) is 12.4 Å². The molecular weight excluding hydrogens is 198 g/mol. The number of carbonyl (C=O) groups is 1. The molecule has 1 aromatic rings. The Kier molecular flexibility index (Phi) is 3.70. The molecule has 1 fully saturated rings. The van der Waals surface area contributed by atoms with Crippen LogP contribution in [-0.4, -0.2) is 10.8 Å². The largest absolute Gasteiger partial charge is 0.299 e. The smallest absolute Gasteiger partial charge is 0.140 e. The lowest BCUT2D eigenvalue weighted by atomic mass is 9.79. The normalized spacial score (nSPS) is 25.3. The Morgan fingerprint density at radius 1 is 1.38 bits per heavy atom. The van der Waals surface area contributed by atoms with Gasteiger partial charge in [0, 0.05) is 24.7 Å². The van der Waals surface area contributed by atoms with Gasteiger partial charge in [0.05, 0.1) is 0 Å². The maximum Gasteiger partial charge on any atom is 0.140 e. The molecule has 86 valence electrons. The van der Waals surface area contributed by atoms with Crippen LogP contribution in [0.5, 0.6) is 0 Å². The average molecular weight is 217 g/mol.